The van der Waals surface area contributed by atoms with Crippen LogP contribution in [0, 0.1) is 0 Å². The van der Waals surface area contributed by atoms with Crippen LogP contribution in [0.1, 0.15) is 12.0 Å². The summed E-state index contributed by atoms with van der Waals surface area (Å²) in [7, 11) is 3.82. The second kappa shape index (κ2) is 7.29. The van der Waals surface area contributed by atoms with Crippen molar-refractivity contribution in [2.45, 2.75) is 12.8 Å². The van der Waals surface area contributed by atoms with E-state index in [1.807, 2.05) is 6.07 Å². The van der Waals surface area contributed by atoms with Crippen molar-refractivity contribution in [2.75, 3.05) is 46.9 Å². The van der Waals surface area contributed by atoms with E-state index in [0.29, 0.717) is 10.2 Å². The summed E-state index contributed by atoms with van der Waals surface area (Å²) in [5.74, 6) is 1.12. The Kier molecular flexibility index (Phi) is 5.69. The van der Waals surface area contributed by atoms with Crippen molar-refractivity contribution in [3.8, 4) is 11.5 Å². The number of phenols is 1. The molecule has 1 aliphatic rings. The highest BCUT2D eigenvalue weighted by Crippen LogP contribution is 2.33. The van der Waals surface area contributed by atoms with Crippen LogP contribution in [0.2, 0.25) is 0 Å². The summed E-state index contributed by atoms with van der Waals surface area (Å²) in [4.78, 5) is 4.85. The van der Waals surface area contributed by atoms with E-state index in [1.54, 1.807) is 13.2 Å². The second-order valence-corrected chi connectivity index (χ2v) is 6.22. The monoisotopic (exact) mass is 342 g/mol. The molecule has 1 heterocycles. The van der Waals surface area contributed by atoms with Crippen LogP contribution in [-0.2, 0) is 6.42 Å². The van der Waals surface area contributed by atoms with E-state index >= 15 is 0 Å². The molecule has 20 heavy (non-hydrogen) atoms. The third kappa shape index (κ3) is 4.11. The molecule has 0 aromatic heterocycles. The van der Waals surface area contributed by atoms with Crippen LogP contribution in [0.5, 0.6) is 11.5 Å². The molecule has 5 heteroatoms. The molecule has 1 aliphatic heterocycles. The van der Waals surface area contributed by atoms with Gasteiger partial charge in [0.1, 0.15) is 11.5 Å². The number of piperazine rings is 1. The SMILES string of the molecule is COc1cc(Br)c(O)c(CCCN2CCN(C)CC2)c1. The summed E-state index contributed by atoms with van der Waals surface area (Å²) < 4.78 is 5.94. The first-order chi connectivity index (χ1) is 9.60. The van der Waals surface area contributed by atoms with Gasteiger partial charge in [0.05, 0.1) is 11.6 Å². The number of aryl methyl sites for hydroxylation is 1. The van der Waals surface area contributed by atoms with Gasteiger partial charge in [-0.15, -0.1) is 0 Å². The highest BCUT2D eigenvalue weighted by molar-refractivity contribution is 9.10. The first-order valence-electron chi connectivity index (χ1n) is 7.06. The number of hydrogen-bond donors (Lipinski definition) is 1. The van der Waals surface area contributed by atoms with Gasteiger partial charge in [0, 0.05) is 26.2 Å². The van der Waals surface area contributed by atoms with Gasteiger partial charge < -0.3 is 19.6 Å². The molecule has 1 aromatic rings. The number of halogens is 1. The lowest BCUT2D eigenvalue weighted by Gasteiger charge is -2.32. The Morgan fingerprint density at radius 1 is 1.25 bits per heavy atom. The molecule has 1 fully saturated rings. The Morgan fingerprint density at radius 2 is 1.95 bits per heavy atom. The van der Waals surface area contributed by atoms with E-state index in [4.69, 9.17) is 4.74 Å². The minimum Gasteiger partial charge on any atom is -0.506 e. The maximum absolute atomic E-state index is 10.1. The quantitative estimate of drug-likeness (QED) is 0.890. The van der Waals surface area contributed by atoms with Crippen LogP contribution in [0.25, 0.3) is 0 Å². The van der Waals surface area contributed by atoms with E-state index < -0.39 is 0 Å². The van der Waals surface area contributed by atoms with Gasteiger partial charge in [-0.1, -0.05) is 0 Å². The molecular weight excluding hydrogens is 320 g/mol. The average Bonchev–Trinajstić information content (AvgIpc) is 2.45. The Morgan fingerprint density at radius 3 is 2.60 bits per heavy atom. The molecule has 0 bridgehead atoms. The van der Waals surface area contributed by atoms with Crippen molar-refractivity contribution in [1.82, 2.24) is 9.80 Å². The summed E-state index contributed by atoms with van der Waals surface area (Å²) >= 11 is 3.37. The number of ether oxygens (including phenoxy) is 1. The van der Waals surface area contributed by atoms with Gasteiger partial charge in [0.25, 0.3) is 0 Å². The Bertz CT molecular complexity index is 446. The first-order valence-corrected chi connectivity index (χ1v) is 7.85. The molecule has 1 saturated heterocycles. The van der Waals surface area contributed by atoms with Crippen LogP contribution in [-0.4, -0.2) is 61.8 Å². The molecule has 112 valence electrons. The van der Waals surface area contributed by atoms with Crippen LogP contribution in [0.4, 0.5) is 0 Å². The zero-order valence-electron chi connectivity index (χ0n) is 12.2. The average molecular weight is 343 g/mol. The minimum atomic E-state index is 0.337. The Balaban J connectivity index is 1.86. The molecule has 2 rings (SSSR count). The normalized spacial score (nSPS) is 17.4. The molecular formula is C15H23BrN2O2. The van der Waals surface area contributed by atoms with Gasteiger partial charge in [-0.2, -0.15) is 0 Å². The predicted octanol–water partition coefficient (Wildman–Crippen LogP) is 2.34. The second-order valence-electron chi connectivity index (χ2n) is 5.37. The smallest absolute Gasteiger partial charge is 0.133 e. The molecule has 4 nitrogen and oxygen atoms in total. The van der Waals surface area contributed by atoms with Crippen molar-refractivity contribution >= 4 is 15.9 Å². The van der Waals surface area contributed by atoms with Crippen LogP contribution in [0.15, 0.2) is 16.6 Å². The molecule has 0 amide bonds. The zero-order valence-corrected chi connectivity index (χ0v) is 13.8. The van der Waals surface area contributed by atoms with Crippen molar-refractivity contribution < 1.29 is 9.84 Å². The summed E-state index contributed by atoms with van der Waals surface area (Å²) in [6.07, 6.45) is 1.92. The Labute approximate surface area is 129 Å². The van der Waals surface area contributed by atoms with Gasteiger partial charge in [0.2, 0.25) is 0 Å². The summed E-state index contributed by atoms with van der Waals surface area (Å²) in [6, 6.07) is 3.71. The van der Waals surface area contributed by atoms with Crippen LogP contribution >= 0.6 is 15.9 Å². The fourth-order valence-corrected chi connectivity index (χ4v) is 2.98. The summed E-state index contributed by atoms with van der Waals surface area (Å²) in [5.41, 5.74) is 0.949. The fourth-order valence-electron chi connectivity index (χ4n) is 2.50. The maximum Gasteiger partial charge on any atom is 0.133 e. The van der Waals surface area contributed by atoms with Gasteiger partial charge in [-0.3, -0.25) is 0 Å². The van der Waals surface area contributed by atoms with Crippen molar-refractivity contribution in [3.05, 3.63) is 22.2 Å². The van der Waals surface area contributed by atoms with E-state index in [9.17, 15) is 5.11 Å². The lowest BCUT2D eigenvalue weighted by atomic mass is 10.1. The number of aromatic hydroxyl groups is 1. The number of nitrogens with zero attached hydrogens (tertiary/aromatic N) is 2. The minimum absolute atomic E-state index is 0.337. The number of benzene rings is 1. The fraction of sp³-hybridized carbons (Fsp3) is 0.600. The van der Waals surface area contributed by atoms with Gasteiger partial charge >= 0.3 is 0 Å². The van der Waals surface area contributed by atoms with Crippen molar-refractivity contribution in [2.24, 2.45) is 0 Å². The van der Waals surface area contributed by atoms with Crippen molar-refractivity contribution in [1.29, 1.82) is 0 Å². The highest BCUT2D eigenvalue weighted by atomic mass is 79.9. The van der Waals surface area contributed by atoms with Crippen LogP contribution in [0.3, 0.4) is 0 Å². The number of rotatable bonds is 5. The largest absolute Gasteiger partial charge is 0.506 e. The van der Waals surface area contributed by atoms with E-state index in [2.05, 4.69) is 32.8 Å². The molecule has 0 unspecified atom stereocenters. The third-order valence-corrected chi connectivity index (χ3v) is 4.47. The lowest BCUT2D eigenvalue weighted by Crippen LogP contribution is -2.44. The molecule has 0 atom stereocenters. The van der Waals surface area contributed by atoms with Crippen LogP contribution < -0.4 is 4.74 Å². The van der Waals surface area contributed by atoms with Gasteiger partial charge in [-0.05, 0) is 60.1 Å². The van der Waals surface area contributed by atoms with E-state index in [-0.39, 0.29) is 0 Å². The number of hydrogen-bond acceptors (Lipinski definition) is 4. The first kappa shape index (κ1) is 15.6. The molecule has 1 aromatic carbocycles. The lowest BCUT2D eigenvalue weighted by molar-refractivity contribution is 0.153. The van der Waals surface area contributed by atoms with E-state index in [1.165, 1.54) is 0 Å². The zero-order chi connectivity index (χ0) is 14.5. The predicted molar refractivity (Wildman–Crippen MR) is 84.6 cm³/mol. The van der Waals surface area contributed by atoms with Crippen molar-refractivity contribution in [3.63, 3.8) is 0 Å². The molecule has 0 aliphatic carbocycles. The molecule has 0 saturated carbocycles. The maximum atomic E-state index is 10.1. The standard InChI is InChI=1S/C15H23BrN2O2/c1-17-6-8-18(9-7-17)5-3-4-12-10-13(20-2)11-14(16)15(12)19/h10-11,19H,3-9H2,1-2H3. The Hall–Kier alpha value is -0.780. The number of phenolic OH excluding ortho intramolecular Hbond substituents is 1. The van der Waals surface area contributed by atoms with Gasteiger partial charge in [0.15, 0.2) is 0 Å². The topological polar surface area (TPSA) is 35.9 Å². The number of likely N-dealkylation sites (N-methyl/N-ethyl adjacent to an activating group) is 1. The number of methoxy groups -OCH3 is 1. The van der Waals surface area contributed by atoms with Gasteiger partial charge in [-0.25, -0.2) is 0 Å². The summed E-state index contributed by atoms with van der Waals surface area (Å²) in [6.45, 7) is 5.67. The molecule has 0 radical (unpaired) electrons. The molecule has 0 spiro atoms. The molecule has 1 N–H and O–H groups in total. The summed E-state index contributed by atoms with van der Waals surface area (Å²) in [5, 5.41) is 10.1. The van der Waals surface area contributed by atoms with E-state index in [0.717, 1.165) is 56.9 Å². The third-order valence-electron chi connectivity index (χ3n) is 3.87. The highest BCUT2D eigenvalue weighted by Gasteiger charge is 2.14.